The van der Waals surface area contributed by atoms with Crippen molar-refractivity contribution in [2.45, 2.75) is 31.8 Å². The first-order valence-electron chi connectivity index (χ1n) is 8.74. The van der Waals surface area contributed by atoms with E-state index < -0.39 is 23.8 Å². The van der Waals surface area contributed by atoms with Gasteiger partial charge in [0, 0.05) is 24.1 Å². The minimum atomic E-state index is -1.02. The van der Waals surface area contributed by atoms with Gasteiger partial charge in [0.05, 0.1) is 13.0 Å². The van der Waals surface area contributed by atoms with Crippen LogP contribution in [0.3, 0.4) is 0 Å². The van der Waals surface area contributed by atoms with Gasteiger partial charge < -0.3 is 20.1 Å². The molecule has 1 atom stereocenters. The van der Waals surface area contributed by atoms with Crippen LogP contribution in [0.15, 0.2) is 18.2 Å². The number of rotatable bonds is 7. The fraction of sp³-hybridized carbons (Fsp3) is 0.389. The number of amides is 4. The number of imide groups is 1. The molecule has 1 aromatic rings. The largest absolute Gasteiger partial charge is 0.483 e. The molecule has 10 nitrogen and oxygen atoms in total. The predicted molar refractivity (Wildman–Crippen MR) is 93.2 cm³/mol. The van der Waals surface area contributed by atoms with Crippen LogP contribution >= 0.6 is 0 Å². The fourth-order valence-electron chi connectivity index (χ4n) is 3.20. The summed E-state index contributed by atoms with van der Waals surface area (Å²) < 4.78 is 5.50. The number of nitrogens with one attached hydrogen (secondary N) is 2. The minimum Gasteiger partial charge on any atom is -0.483 e. The Labute approximate surface area is 159 Å². The van der Waals surface area contributed by atoms with Crippen LogP contribution < -0.4 is 15.4 Å². The van der Waals surface area contributed by atoms with Crippen molar-refractivity contribution in [2.24, 2.45) is 0 Å². The van der Waals surface area contributed by atoms with Crippen LogP contribution in [0, 0.1) is 0 Å². The Morgan fingerprint density at radius 2 is 2.07 bits per heavy atom. The highest BCUT2D eigenvalue weighted by molar-refractivity contribution is 6.05. The summed E-state index contributed by atoms with van der Waals surface area (Å²) in [6.45, 7) is -0.202. The molecule has 0 radical (unpaired) electrons. The highest BCUT2D eigenvalue weighted by Gasteiger charge is 2.40. The van der Waals surface area contributed by atoms with Gasteiger partial charge in [0.25, 0.3) is 11.8 Å². The lowest BCUT2D eigenvalue weighted by molar-refractivity contribution is -0.138. The van der Waals surface area contributed by atoms with Crippen LogP contribution in [0.5, 0.6) is 5.75 Å². The zero-order chi connectivity index (χ0) is 20.3. The van der Waals surface area contributed by atoms with E-state index in [2.05, 4.69) is 10.6 Å². The summed E-state index contributed by atoms with van der Waals surface area (Å²) in [5, 5.41) is 13.2. The normalized spacial score (nSPS) is 18.5. The van der Waals surface area contributed by atoms with E-state index in [4.69, 9.17) is 9.84 Å². The van der Waals surface area contributed by atoms with Crippen molar-refractivity contribution in [2.75, 3.05) is 13.2 Å². The van der Waals surface area contributed by atoms with E-state index in [-0.39, 0.29) is 50.8 Å². The third kappa shape index (κ3) is 4.11. The molecule has 0 spiro atoms. The Morgan fingerprint density at radius 1 is 1.29 bits per heavy atom. The van der Waals surface area contributed by atoms with Crippen molar-refractivity contribution >= 4 is 29.6 Å². The number of piperidine rings is 1. The number of benzene rings is 1. The first-order chi connectivity index (χ1) is 13.4. The van der Waals surface area contributed by atoms with E-state index in [9.17, 15) is 24.0 Å². The van der Waals surface area contributed by atoms with E-state index in [1.54, 1.807) is 18.2 Å². The predicted octanol–water partition coefficient (Wildman–Crippen LogP) is -0.583. The lowest BCUT2D eigenvalue weighted by atomic mass is 10.0. The summed E-state index contributed by atoms with van der Waals surface area (Å²) in [5.41, 5.74) is 0.948. The molecule has 10 heteroatoms. The molecule has 1 saturated heterocycles. The lowest BCUT2D eigenvalue weighted by Crippen LogP contribution is -2.52. The summed E-state index contributed by atoms with van der Waals surface area (Å²) in [4.78, 5) is 59.7. The van der Waals surface area contributed by atoms with Crippen LogP contribution in [0.1, 0.15) is 35.2 Å². The number of carbonyl (C=O) groups excluding carboxylic acids is 4. The van der Waals surface area contributed by atoms with Gasteiger partial charge in [-0.05, 0) is 18.6 Å². The van der Waals surface area contributed by atoms with Crippen molar-refractivity contribution < 1.29 is 33.8 Å². The molecule has 2 aliphatic rings. The van der Waals surface area contributed by atoms with Gasteiger partial charge in [0.1, 0.15) is 11.8 Å². The number of carbonyl (C=O) groups is 5. The maximum Gasteiger partial charge on any atom is 0.305 e. The number of carboxylic acids is 1. The van der Waals surface area contributed by atoms with Gasteiger partial charge in [0.2, 0.25) is 11.8 Å². The maximum atomic E-state index is 12.7. The average Bonchev–Trinajstić information content (AvgIpc) is 2.97. The molecule has 0 aromatic heterocycles. The maximum absolute atomic E-state index is 12.7. The van der Waals surface area contributed by atoms with Crippen molar-refractivity contribution in [1.29, 1.82) is 0 Å². The molecule has 1 fully saturated rings. The number of carboxylic acid groups (broad SMARTS) is 1. The van der Waals surface area contributed by atoms with Gasteiger partial charge in [0.15, 0.2) is 6.61 Å². The van der Waals surface area contributed by atoms with Crippen molar-refractivity contribution in [1.82, 2.24) is 15.5 Å². The van der Waals surface area contributed by atoms with Gasteiger partial charge in [-0.25, -0.2) is 0 Å². The Hall–Kier alpha value is -3.43. The molecule has 3 N–H and O–H groups in total. The van der Waals surface area contributed by atoms with E-state index in [1.807, 2.05) is 0 Å². The monoisotopic (exact) mass is 389 g/mol. The summed E-state index contributed by atoms with van der Waals surface area (Å²) in [5.74, 6) is -2.35. The highest BCUT2D eigenvalue weighted by atomic mass is 16.5. The van der Waals surface area contributed by atoms with Gasteiger partial charge in [-0.2, -0.15) is 0 Å². The smallest absolute Gasteiger partial charge is 0.305 e. The number of hydrogen-bond donors (Lipinski definition) is 3. The molecule has 28 heavy (non-hydrogen) atoms. The zero-order valence-electron chi connectivity index (χ0n) is 14.9. The molecule has 0 saturated carbocycles. The zero-order valence-corrected chi connectivity index (χ0v) is 14.9. The SMILES string of the molecule is O=C(O)CCNC(=O)COc1cccc2c1CN(C1CCC(=O)NC1=O)C2=O. The fourth-order valence-corrected chi connectivity index (χ4v) is 3.20. The molecule has 1 aromatic carbocycles. The molecule has 1 unspecified atom stereocenters. The first kappa shape index (κ1) is 19.3. The summed E-state index contributed by atoms with van der Waals surface area (Å²) >= 11 is 0. The van der Waals surface area contributed by atoms with Gasteiger partial charge in [-0.3, -0.25) is 29.3 Å². The van der Waals surface area contributed by atoms with Crippen LogP contribution in [-0.4, -0.2) is 58.8 Å². The Balaban J connectivity index is 1.65. The number of aliphatic carboxylic acids is 1. The second-order valence-corrected chi connectivity index (χ2v) is 6.46. The molecule has 148 valence electrons. The Bertz CT molecular complexity index is 852. The number of ether oxygens (including phenoxy) is 1. The third-order valence-corrected chi connectivity index (χ3v) is 4.56. The highest BCUT2D eigenvalue weighted by Crippen LogP contribution is 2.33. The molecule has 2 heterocycles. The van der Waals surface area contributed by atoms with Crippen molar-refractivity contribution in [3.05, 3.63) is 29.3 Å². The molecule has 0 aliphatic carbocycles. The van der Waals surface area contributed by atoms with Gasteiger partial charge in [-0.15, -0.1) is 0 Å². The molecule has 2 aliphatic heterocycles. The molecule has 0 bridgehead atoms. The Morgan fingerprint density at radius 3 is 2.79 bits per heavy atom. The quantitative estimate of drug-likeness (QED) is 0.530. The van der Waals surface area contributed by atoms with Gasteiger partial charge >= 0.3 is 5.97 Å². The molecular formula is C18H19N3O7. The van der Waals surface area contributed by atoms with E-state index in [1.165, 1.54) is 4.90 Å². The topological polar surface area (TPSA) is 142 Å². The number of hydrogen-bond acceptors (Lipinski definition) is 6. The lowest BCUT2D eigenvalue weighted by Gasteiger charge is -2.29. The van der Waals surface area contributed by atoms with Crippen LogP contribution in [-0.2, 0) is 25.7 Å². The Kier molecular flexibility index (Phi) is 5.57. The molecule has 3 rings (SSSR count). The van der Waals surface area contributed by atoms with Crippen molar-refractivity contribution in [3.8, 4) is 5.75 Å². The second-order valence-electron chi connectivity index (χ2n) is 6.46. The summed E-state index contributed by atoms with van der Waals surface area (Å²) in [7, 11) is 0. The standard InChI is InChI=1S/C18H19N3O7/c22-14-5-4-12(17(26)20-14)21-8-11-10(18(21)27)2-1-3-13(11)28-9-15(23)19-7-6-16(24)25/h1-3,12H,4-9H2,(H,19,23)(H,24,25)(H,20,22,26). The minimum absolute atomic E-state index is 0.00774. The molecular weight excluding hydrogens is 370 g/mol. The van der Waals surface area contributed by atoms with Crippen LogP contribution in [0.2, 0.25) is 0 Å². The summed E-state index contributed by atoms with van der Waals surface area (Å²) in [6.07, 6.45) is 0.227. The number of nitrogens with zero attached hydrogens (tertiary/aromatic N) is 1. The van der Waals surface area contributed by atoms with Crippen LogP contribution in [0.25, 0.3) is 0 Å². The first-order valence-corrected chi connectivity index (χ1v) is 8.74. The number of fused-ring (bicyclic) bond motifs is 1. The van der Waals surface area contributed by atoms with Crippen LogP contribution in [0.4, 0.5) is 0 Å². The van der Waals surface area contributed by atoms with Crippen molar-refractivity contribution in [3.63, 3.8) is 0 Å². The van der Waals surface area contributed by atoms with E-state index in [0.29, 0.717) is 16.9 Å². The molecule has 4 amide bonds. The summed E-state index contributed by atoms with van der Waals surface area (Å²) in [6, 6.07) is 4.11. The second kappa shape index (κ2) is 8.07. The van der Waals surface area contributed by atoms with E-state index in [0.717, 1.165) is 0 Å². The van der Waals surface area contributed by atoms with Gasteiger partial charge in [-0.1, -0.05) is 6.07 Å². The third-order valence-electron chi connectivity index (χ3n) is 4.56. The van der Waals surface area contributed by atoms with E-state index >= 15 is 0 Å². The average molecular weight is 389 g/mol.